The Labute approximate surface area is 120 Å². The molecule has 104 valence electrons. The Morgan fingerprint density at radius 3 is 2.53 bits per heavy atom. The van der Waals surface area contributed by atoms with Crippen molar-refractivity contribution in [2.24, 2.45) is 0 Å². The van der Waals surface area contributed by atoms with E-state index in [9.17, 15) is 0 Å². The van der Waals surface area contributed by atoms with Crippen molar-refractivity contribution in [2.45, 2.75) is 44.7 Å². The Balaban J connectivity index is 2.52. The topological polar surface area (TPSA) is 0 Å². The summed E-state index contributed by atoms with van der Waals surface area (Å²) in [6, 6.07) is 0. The molecule has 0 saturated carbocycles. The SMILES string of the molecule is CC/C=C/C=C/C=C/C=C/C1=CCCCC1(C)PC. The number of hydrogen-bond acceptors (Lipinski definition) is 0. The molecule has 0 saturated heterocycles. The van der Waals surface area contributed by atoms with Crippen LogP contribution in [0.3, 0.4) is 0 Å². The second kappa shape index (κ2) is 9.10. The van der Waals surface area contributed by atoms with Crippen molar-refractivity contribution in [2.75, 3.05) is 6.66 Å². The fraction of sp³-hybridized carbons (Fsp3) is 0.444. The zero-order valence-electron chi connectivity index (χ0n) is 12.5. The largest absolute Gasteiger partial charge is 0.115 e. The lowest BCUT2D eigenvalue weighted by molar-refractivity contribution is 0.601. The minimum absolute atomic E-state index is 0.419. The summed E-state index contributed by atoms with van der Waals surface area (Å²) in [6.07, 6.45) is 24.5. The Morgan fingerprint density at radius 1 is 1.16 bits per heavy atom. The minimum atomic E-state index is 0.419. The van der Waals surface area contributed by atoms with Gasteiger partial charge in [0.15, 0.2) is 0 Å². The van der Waals surface area contributed by atoms with Crippen LogP contribution < -0.4 is 0 Å². The average Bonchev–Trinajstić information content (AvgIpc) is 2.43. The molecular weight excluding hydrogens is 247 g/mol. The lowest BCUT2D eigenvalue weighted by Crippen LogP contribution is -2.22. The van der Waals surface area contributed by atoms with Gasteiger partial charge in [-0.15, -0.1) is 8.58 Å². The van der Waals surface area contributed by atoms with Gasteiger partial charge in [-0.1, -0.05) is 68.5 Å². The molecular formula is C18H27P. The van der Waals surface area contributed by atoms with E-state index in [4.69, 9.17) is 0 Å². The Kier molecular flexibility index (Phi) is 7.75. The van der Waals surface area contributed by atoms with Crippen LogP contribution >= 0.6 is 8.58 Å². The van der Waals surface area contributed by atoms with Crippen LogP contribution in [0.15, 0.2) is 60.3 Å². The zero-order chi connectivity index (χ0) is 14.0. The monoisotopic (exact) mass is 274 g/mol. The van der Waals surface area contributed by atoms with E-state index in [-0.39, 0.29) is 0 Å². The van der Waals surface area contributed by atoms with Crippen LogP contribution in [0.4, 0.5) is 0 Å². The van der Waals surface area contributed by atoms with Crippen LogP contribution in [-0.4, -0.2) is 11.8 Å². The normalized spacial score (nSPS) is 25.7. The van der Waals surface area contributed by atoms with E-state index in [1.165, 1.54) is 24.8 Å². The van der Waals surface area contributed by atoms with Crippen LogP contribution in [0.25, 0.3) is 0 Å². The highest BCUT2D eigenvalue weighted by Crippen LogP contribution is 2.43. The molecule has 0 radical (unpaired) electrons. The molecule has 0 aromatic carbocycles. The van der Waals surface area contributed by atoms with Gasteiger partial charge in [-0.2, -0.15) is 0 Å². The molecule has 0 fully saturated rings. The molecule has 0 aromatic rings. The molecule has 19 heavy (non-hydrogen) atoms. The second-order valence-corrected chi connectivity index (χ2v) is 6.70. The van der Waals surface area contributed by atoms with Gasteiger partial charge in [0.25, 0.3) is 0 Å². The fourth-order valence-corrected chi connectivity index (χ4v) is 3.14. The predicted octanol–water partition coefficient (Wildman–Crippen LogP) is 5.80. The van der Waals surface area contributed by atoms with Crippen LogP contribution in [0.2, 0.25) is 0 Å². The number of hydrogen-bond donors (Lipinski definition) is 0. The highest BCUT2D eigenvalue weighted by Gasteiger charge is 2.26. The highest BCUT2D eigenvalue weighted by molar-refractivity contribution is 7.39. The molecule has 1 rings (SSSR count). The highest BCUT2D eigenvalue weighted by atomic mass is 31.1. The molecule has 2 atom stereocenters. The molecule has 2 unspecified atom stereocenters. The first-order valence-corrected chi connectivity index (χ1v) is 8.79. The molecule has 0 spiro atoms. The summed E-state index contributed by atoms with van der Waals surface area (Å²) >= 11 is 0. The Hall–Kier alpha value is -0.870. The van der Waals surface area contributed by atoms with Crippen molar-refractivity contribution >= 4 is 8.58 Å². The molecule has 0 nitrogen and oxygen atoms in total. The Bertz CT molecular complexity index is 396. The van der Waals surface area contributed by atoms with E-state index in [0.29, 0.717) is 5.16 Å². The van der Waals surface area contributed by atoms with E-state index < -0.39 is 0 Å². The summed E-state index contributed by atoms with van der Waals surface area (Å²) in [4.78, 5) is 0. The maximum absolute atomic E-state index is 2.42. The minimum Gasteiger partial charge on any atom is -0.115 e. The first kappa shape index (κ1) is 16.2. The Morgan fingerprint density at radius 2 is 1.84 bits per heavy atom. The third-order valence-electron chi connectivity index (χ3n) is 3.64. The number of allylic oxidation sites excluding steroid dienone is 10. The van der Waals surface area contributed by atoms with E-state index in [1.807, 2.05) is 0 Å². The van der Waals surface area contributed by atoms with Gasteiger partial charge < -0.3 is 0 Å². The molecule has 1 aliphatic carbocycles. The van der Waals surface area contributed by atoms with Crippen molar-refractivity contribution in [3.8, 4) is 0 Å². The summed E-state index contributed by atoms with van der Waals surface area (Å²) in [7, 11) is 0.985. The van der Waals surface area contributed by atoms with Crippen LogP contribution in [-0.2, 0) is 0 Å². The van der Waals surface area contributed by atoms with Crippen molar-refractivity contribution in [3.05, 3.63) is 60.3 Å². The lowest BCUT2D eigenvalue weighted by atomic mass is 9.88. The maximum Gasteiger partial charge on any atom is 0.00923 e. The third-order valence-corrected chi connectivity index (χ3v) is 5.28. The first-order valence-electron chi connectivity index (χ1n) is 7.29. The van der Waals surface area contributed by atoms with Gasteiger partial charge in [-0.05, 0) is 37.9 Å². The van der Waals surface area contributed by atoms with Crippen molar-refractivity contribution in [1.82, 2.24) is 0 Å². The van der Waals surface area contributed by atoms with Crippen LogP contribution in [0.5, 0.6) is 0 Å². The van der Waals surface area contributed by atoms with Gasteiger partial charge in [0.1, 0.15) is 0 Å². The fourth-order valence-electron chi connectivity index (χ4n) is 2.23. The molecule has 0 bridgehead atoms. The van der Waals surface area contributed by atoms with E-state index in [0.717, 1.165) is 15.0 Å². The van der Waals surface area contributed by atoms with Crippen molar-refractivity contribution in [1.29, 1.82) is 0 Å². The van der Waals surface area contributed by atoms with E-state index >= 15 is 0 Å². The summed E-state index contributed by atoms with van der Waals surface area (Å²) in [5, 5.41) is 0.419. The molecule has 0 amide bonds. The van der Waals surface area contributed by atoms with E-state index in [1.54, 1.807) is 0 Å². The van der Waals surface area contributed by atoms with Crippen molar-refractivity contribution < 1.29 is 0 Å². The number of rotatable bonds is 6. The molecule has 0 heterocycles. The summed E-state index contributed by atoms with van der Waals surface area (Å²) in [6.45, 7) is 6.87. The van der Waals surface area contributed by atoms with Gasteiger partial charge in [-0.25, -0.2) is 0 Å². The first-order chi connectivity index (χ1) is 9.23. The van der Waals surface area contributed by atoms with Gasteiger partial charge in [0.2, 0.25) is 0 Å². The third kappa shape index (κ3) is 5.74. The second-order valence-electron chi connectivity index (χ2n) is 5.10. The van der Waals surface area contributed by atoms with Crippen LogP contribution in [0, 0.1) is 0 Å². The quantitative estimate of drug-likeness (QED) is 0.424. The summed E-state index contributed by atoms with van der Waals surface area (Å²) in [5.41, 5.74) is 1.53. The van der Waals surface area contributed by atoms with Gasteiger partial charge in [0.05, 0.1) is 0 Å². The summed E-state index contributed by atoms with van der Waals surface area (Å²) in [5.74, 6) is 0. The van der Waals surface area contributed by atoms with Gasteiger partial charge >= 0.3 is 0 Å². The molecule has 0 aromatic heterocycles. The molecule has 1 aliphatic rings. The molecule has 0 aliphatic heterocycles. The maximum atomic E-state index is 2.42. The zero-order valence-corrected chi connectivity index (χ0v) is 13.5. The smallest absolute Gasteiger partial charge is 0.00923 e. The van der Waals surface area contributed by atoms with Crippen molar-refractivity contribution in [3.63, 3.8) is 0 Å². The molecule has 0 N–H and O–H groups in total. The molecule has 1 heteroatoms. The van der Waals surface area contributed by atoms with Gasteiger partial charge in [0, 0.05) is 5.16 Å². The van der Waals surface area contributed by atoms with Crippen LogP contribution in [0.1, 0.15) is 39.5 Å². The lowest BCUT2D eigenvalue weighted by Gasteiger charge is -2.33. The summed E-state index contributed by atoms with van der Waals surface area (Å²) < 4.78 is 0. The van der Waals surface area contributed by atoms with E-state index in [2.05, 4.69) is 75.2 Å². The predicted molar refractivity (Wildman–Crippen MR) is 91.4 cm³/mol. The van der Waals surface area contributed by atoms with Gasteiger partial charge in [-0.3, -0.25) is 0 Å². The standard InChI is InChI=1S/C18H27P/c1-4-5-6-7-8-9-10-11-14-17-15-12-13-16-18(17,2)19-3/h5-11,14-15,19H,4,12-13,16H2,1-3H3/b6-5+,8-7+,10-9+,14-11+. The average molecular weight is 274 g/mol.